The van der Waals surface area contributed by atoms with Gasteiger partial charge in [0.15, 0.2) is 0 Å². The van der Waals surface area contributed by atoms with E-state index in [-0.39, 0.29) is 6.54 Å². The first-order valence-electron chi connectivity index (χ1n) is 7.36. The smallest absolute Gasteiger partial charge is 0.250 e. The number of para-hydroxylation sites is 1. The van der Waals surface area contributed by atoms with Crippen molar-refractivity contribution in [2.75, 3.05) is 13.2 Å². The molecule has 6 heteroatoms. The van der Waals surface area contributed by atoms with E-state index in [9.17, 15) is 8.42 Å². The molecule has 4 nitrogen and oxygen atoms in total. The summed E-state index contributed by atoms with van der Waals surface area (Å²) in [4.78, 5) is 1.06. The first-order valence-corrected chi connectivity index (χ1v) is 9.66. The highest BCUT2D eigenvalue weighted by Gasteiger charge is 2.15. The highest BCUT2D eigenvalue weighted by Crippen LogP contribution is 2.21. The molecule has 0 bridgehead atoms. The molecule has 0 saturated carbocycles. The molecule has 1 N–H and O–H groups in total. The van der Waals surface area contributed by atoms with Gasteiger partial charge in [0, 0.05) is 11.4 Å². The monoisotopic (exact) mass is 339 g/mol. The quantitative estimate of drug-likeness (QED) is 0.751. The lowest BCUT2D eigenvalue weighted by Gasteiger charge is -2.10. The summed E-state index contributed by atoms with van der Waals surface area (Å²) in [5.74, 6) is 0.814. The number of nitrogens with one attached hydrogen (secondary N) is 1. The van der Waals surface area contributed by atoms with Gasteiger partial charge in [-0.25, -0.2) is 13.1 Å². The van der Waals surface area contributed by atoms with Gasteiger partial charge in [0.05, 0.1) is 0 Å². The van der Waals surface area contributed by atoms with Crippen molar-refractivity contribution >= 4 is 21.4 Å². The van der Waals surface area contributed by atoms with E-state index in [2.05, 4.69) is 11.6 Å². The topological polar surface area (TPSA) is 55.4 Å². The third kappa shape index (κ3) is 4.32. The Morgan fingerprint density at radius 3 is 2.55 bits per heavy atom. The summed E-state index contributed by atoms with van der Waals surface area (Å²) in [6, 6.07) is 11.3. The van der Waals surface area contributed by atoms with E-state index in [1.807, 2.05) is 37.3 Å². The van der Waals surface area contributed by atoms with Gasteiger partial charge in [0.1, 0.15) is 16.6 Å². The number of sulfonamides is 1. The third-order valence-corrected chi connectivity index (χ3v) is 6.44. The van der Waals surface area contributed by atoms with Crippen molar-refractivity contribution in [1.29, 1.82) is 0 Å². The van der Waals surface area contributed by atoms with Gasteiger partial charge in [-0.1, -0.05) is 32.0 Å². The van der Waals surface area contributed by atoms with Crippen molar-refractivity contribution in [2.24, 2.45) is 0 Å². The van der Waals surface area contributed by atoms with Crippen LogP contribution in [0.4, 0.5) is 0 Å². The Morgan fingerprint density at radius 1 is 1.09 bits per heavy atom. The van der Waals surface area contributed by atoms with Gasteiger partial charge in [-0.15, -0.1) is 11.3 Å². The van der Waals surface area contributed by atoms with Crippen LogP contribution in [0.2, 0.25) is 0 Å². The van der Waals surface area contributed by atoms with Crippen LogP contribution >= 0.6 is 11.3 Å². The van der Waals surface area contributed by atoms with Crippen LogP contribution in [0.25, 0.3) is 0 Å². The third-order valence-electron chi connectivity index (χ3n) is 3.26. The molecule has 0 fully saturated rings. The van der Waals surface area contributed by atoms with Crippen molar-refractivity contribution in [3.63, 3.8) is 0 Å². The number of ether oxygens (including phenoxy) is 1. The number of thiophene rings is 1. The number of rotatable bonds is 8. The lowest BCUT2D eigenvalue weighted by Crippen LogP contribution is -2.27. The van der Waals surface area contributed by atoms with Crippen LogP contribution in [0.1, 0.15) is 24.3 Å². The van der Waals surface area contributed by atoms with Crippen LogP contribution < -0.4 is 9.46 Å². The van der Waals surface area contributed by atoms with Gasteiger partial charge < -0.3 is 4.74 Å². The highest BCUT2D eigenvalue weighted by atomic mass is 32.2. The van der Waals surface area contributed by atoms with E-state index in [1.54, 1.807) is 6.07 Å². The maximum atomic E-state index is 12.1. The molecule has 0 aliphatic carbocycles. The second kappa shape index (κ2) is 7.76. The molecule has 0 amide bonds. The van der Waals surface area contributed by atoms with Crippen LogP contribution in [0.5, 0.6) is 5.75 Å². The molecule has 2 rings (SSSR count). The van der Waals surface area contributed by atoms with Crippen molar-refractivity contribution in [1.82, 2.24) is 4.72 Å². The molecular formula is C16H21NO3S2. The Labute approximate surface area is 136 Å². The minimum atomic E-state index is -3.43. The zero-order valence-electron chi connectivity index (χ0n) is 12.8. The Bertz CT molecular complexity index is 708. The second-order valence-electron chi connectivity index (χ2n) is 4.78. The van der Waals surface area contributed by atoms with Crippen LogP contribution in [-0.2, 0) is 22.9 Å². The van der Waals surface area contributed by atoms with E-state index < -0.39 is 10.0 Å². The standard InChI is InChI=1S/C16H21NO3S2/c1-3-13-7-5-6-8-15(13)20-12-11-17-22(18,19)16-10-9-14(4-2)21-16/h5-10,17H,3-4,11-12H2,1-2H3. The van der Waals surface area contributed by atoms with Crippen molar-refractivity contribution in [3.8, 4) is 5.75 Å². The summed E-state index contributed by atoms with van der Waals surface area (Å²) < 4.78 is 32.9. The first-order chi connectivity index (χ1) is 10.6. The fourth-order valence-electron chi connectivity index (χ4n) is 2.04. The first kappa shape index (κ1) is 17.0. The van der Waals surface area contributed by atoms with Crippen LogP contribution in [-0.4, -0.2) is 21.6 Å². The summed E-state index contributed by atoms with van der Waals surface area (Å²) in [6.07, 6.45) is 1.73. The van der Waals surface area contributed by atoms with Crippen LogP contribution in [0.3, 0.4) is 0 Å². The Balaban J connectivity index is 1.88. The Morgan fingerprint density at radius 2 is 1.86 bits per heavy atom. The zero-order valence-corrected chi connectivity index (χ0v) is 14.5. The van der Waals surface area contributed by atoms with E-state index in [0.29, 0.717) is 10.8 Å². The molecule has 0 spiro atoms. The molecule has 2 aromatic rings. The number of aryl methyl sites for hydroxylation is 2. The summed E-state index contributed by atoms with van der Waals surface area (Å²) in [7, 11) is -3.43. The van der Waals surface area contributed by atoms with Crippen molar-refractivity contribution in [2.45, 2.75) is 30.9 Å². The summed E-state index contributed by atoms with van der Waals surface area (Å²) >= 11 is 1.31. The Hall–Kier alpha value is -1.37. The van der Waals surface area contributed by atoms with E-state index in [0.717, 1.165) is 29.0 Å². The highest BCUT2D eigenvalue weighted by molar-refractivity contribution is 7.91. The number of hydrogen-bond acceptors (Lipinski definition) is 4. The maximum absolute atomic E-state index is 12.1. The van der Waals surface area contributed by atoms with E-state index in [4.69, 9.17) is 4.74 Å². The normalized spacial score (nSPS) is 11.5. The lowest BCUT2D eigenvalue weighted by molar-refractivity contribution is 0.320. The SMILES string of the molecule is CCc1ccc(S(=O)(=O)NCCOc2ccccc2CC)s1. The van der Waals surface area contributed by atoms with Crippen molar-refractivity contribution in [3.05, 3.63) is 46.8 Å². The largest absolute Gasteiger partial charge is 0.492 e. The number of hydrogen-bond donors (Lipinski definition) is 1. The molecule has 0 aliphatic rings. The molecule has 22 heavy (non-hydrogen) atoms. The molecule has 1 aromatic heterocycles. The predicted molar refractivity (Wildman–Crippen MR) is 90.2 cm³/mol. The molecule has 0 unspecified atom stereocenters. The van der Waals surface area contributed by atoms with Gasteiger partial charge in [-0.3, -0.25) is 0 Å². The molecule has 0 saturated heterocycles. The average molecular weight is 339 g/mol. The summed E-state index contributed by atoms with van der Waals surface area (Å²) in [6.45, 7) is 4.63. The predicted octanol–water partition coefficient (Wildman–Crippen LogP) is 3.23. The molecule has 1 heterocycles. The van der Waals surface area contributed by atoms with Crippen LogP contribution in [0.15, 0.2) is 40.6 Å². The molecular weight excluding hydrogens is 318 g/mol. The number of benzene rings is 1. The Kier molecular flexibility index (Phi) is 5.99. The van der Waals surface area contributed by atoms with Gasteiger partial charge >= 0.3 is 0 Å². The molecule has 0 aliphatic heterocycles. The maximum Gasteiger partial charge on any atom is 0.250 e. The molecule has 1 aromatic carbocycles. The van der Waals surface area contributed by atoms with E-state index >= 15 is 0 Å². The molecule has 0 radical (unpaired) electrons. The summed E-state index contributed by atoms with van der Waals surface area (Å²) in [5.41, 5.74) is 1.12. The molecule has 120 valence electrons. The van der Waals surface area contributed by atoms with E-state index in [1.165, 1.54) is 11.3 Å². The second-order valence-corrected chi connectivity index (χ2v) is 7.94. The lowest BCUT2D eigenvalue weighted by atomic mass is 10.1. The summed E-state index contributed by atoms with van der Waals surface area (Å²) in [5, 5.41) is 0. The average Bonchev–Trinajstić information content (AvgIpc) is 3.02. The van der Waals surface area contributed by atoms with Crippen LogP contribution in [0, 0.1) is 0 Å². The minimum absolute atomic E-state index is 0.250. The zero-order chi connectivity index (χ0) is 16.0. The van der Waals surface area contributed by atoms with Gasteiger partial charge in [0.2, 0.25) is 10.0 Å². The van der Waals surface area contributed by atoms with Gasteiger partial charge in [-0.05, 0) is 36.6 Å². The molecule has 0 atom stereocenters. The fraction of sp³-hybridized carbons (Fsp3) is 0.375. The van der Waals surface area contributed by atoms with Crippen molar-refractivity contribution < 1.29 is 13.2 Å². The van der Waals surface area contributed by atoms with Gasteiger partial charge in [0.25, 0.3) is 0 Å². The minimum Gasteiger partial charge on any atom is -0.492 e. The fourth-order valence-corrected chi connectivity index (χ4v) is 4.39. The van der Waals surface area contributed by atoms with Gasteiger partial charge in [-0.2, -0.15) is 0 Å².